The fourth-order valence-electron chi connectivity index (χ4n) is 1.87. The molecule has 0 aliphatic carbocycles. The molecule has 4 heteroatoms. The van der Waals surface area contributed by atoms with Crippen LogP contribution < -0.4 is 5.73 Å². The van der Waals surface area contributed by atoms with E-state index in [2.05, 4.69) is 0 Å². The summed E-state index contributed by atoms with van der Waals surface area (Å²) in [6.07, 6.45) is 1.59. The van der Waals surface area contributed by atoms with Crippen molar-refractivity contribution in [1.29, 1.82) is 0 Å². The second kappa shape index (κ2) is 4.64. The van der Waals surface area contributed by atoms with Gasteiger partial charge in [-0.25, -0.2) is 0 Å². The lowest BCUT2D eigenvalue weighted by molar-refractivity contribution is -0.141. The van der Waals surface area contributed by atoms with E-state index in [0.717, 1.165) is 6.42 Å². The van der Waals surface area contributed by atoms with E-state index < -0.39 is 0 Å². The van der Waals surface area contributed by atoms with E-state index in [1.807, 2.05) is 20.8 Å². The fourth-order valence-corrected chi connectivity index (χ4v) is 1.87. The number of amides is 2. The van der Waals surface area contributed by atoms with Gasteiger partial charge in [0.15, 0.2) is 0 Å². The molecule has 0 radical (unpaired) electrons. The van der Waals surface area contributed by atoms with Crippen molar-refractivity contribution in [2.75, 3.05) is 6.54 Å². The number of carbonyl (C=O) groups is 2. The number of nitrogens with two attached hydrogens (primary N) is 1. The van der Waals surface area contributed by atoms with Crippen LogP contribution >= 0.6 is 0 Å². The van der Waals surface area contributed by atoms with Crippen LogP contribution in [0.25, 0.3) is 0 Å². The van der Waals surface area contributed by atoms with Crippen LogP contribution in [-0.4, -0.2) is 29.3 Å². The van der Waals surface area contributed by atoms with Gasteiger partial charge in [0.2, 0.25) is 11.8 Å². The van der Waals surface area contributed by atoms with Gasteiger partial charge in [-0.1, -0.05) is 20.8 Å². The Kier molecular flexibility index (Phi) is 3.72. The number of likely N-dealkylation sites (tertiary alicyclic amines) is 1. The lowest BCUT2D eigenvalue weighted by atomic mass is 9.96. The molecule has 0 saturated carbocycles. The van der Waals surface area contributed by atoms with Gasteiger partial charge < -0.3 is 10.6 Å². The third kappa shape index (κ3) is 2.49. The lowest BCUT2D eigenvalue weighted by Crippen LogP contribution is -2.46. The highest BCUT2D eigenvalue weighted by molar-refractivity contribution is 5.88. The van der Waals surface area contributed by atoms with Gasteiger partial charge in [-0.05, 0) is 18.8 Å². The number of hydrogen-bond acceptors (Lipinski definition) is 2. The van der Waals surface area contributed by atoms with Crippen LogP contribution in [0.5, 0.6) is 0 Å². The lowest BCUT2D eigenvalue weighted by Gasteiger charge is -2.27. The van der Waals surface area contributed by atoms with Crippen molar-refractivity contribution < 1.29 is 9.59 Å². The first-order valence-corrected chi connectivity index (χ1v) is 5.55. The van der Waals surface area contributed by atoms with Gasteiger partial charge in [-0.15, -0.1) is 0 Å². The van der Waals surface area contributed by atoms with Crippen LogP contribution in [0.3, 0.4) is 0 Å². The smallest absolute Gasteiger partial charge is 0.240 e. The van der Waals surface area contributed by atoms with Crippen molar-refractivity contribution >= 4 is 11.8 Å². The van der Waals surface area contributed by atoms with Crippen molar-refractivity contribution in [3.63, 3.8) is 0 Å². The molecule has 0 bridgehead atoms. The Bertz CT molecular complexity index is 263. The maximum atomic E-state index is 12.0. The zero-order chi connectivity index (χ0) is 11.6. The fraction of sp³-hybridized carbons (Fsp3) is 0.818. The summed E-state index contributed by atoms with van der Waals surface area (Å²) < 4.78 is 0. The zero-order valence-electron chi connectivity index (χ0n) is 9.69. The average molecular weight is 212 g/mol. The van der Waals surface area contributed by atoms with Gasteiger partial charge in [0, 0.05) is 12.5 Å². The van der Waals surface area contributed by atoms with E-state index in [9.17, 15) is 9.59 Å². The number of rotatable bonds is 3. The highest BCUT2D eigenvalue weighted by Crippen LogP contribution is 2.22. The van der Waals surface area contributed by atoms with Crippen molar-refractivity contribution in [3.8, 4) is 0 Å². The van der Waals surface area contributed by atoms with Crippen LogP contribution in [0, 0.1) is 11.8 Å². The van der Waals surface area contributed by atoms with E-state index in [1.54, 1.807) is 4.90 Å². The second-order valence-electron chi connectivity index (χ2n) is 4.62. The molecule has 2 atom stereocenters. The average Bonchev–Trinajstić information content (AvgIpc) is 2.63. The first-order chi connectivity index (χ1) is 6.95. The minimum absolute atomic E-state index is 0.0371. The Morgan fingerprint density at radius 3 is 2.40 bits per heavy atom. The molecule has 4 nitrogen and oxygen atoms in total. The molecule has 15 heavy (non-hydrogen) atoms. The molecule has 1 fully saturated rings. The number of nitrogens with zero attached hydrogens (tertiary/aromatic N) is 1. The Hall–Kier alpha value is -1.06. The maximum Gasteiger partial charge on any atom is 0.240 e. The molecule has 1 saturated heterocycles. The van der Waals surface area contributed by atoms with Crippen molar-refractivity contribution in [2.45, 2.75) is 39.7 Å². The van der Waals surface area contributed by atoms with Crippen molar-refractivity contribution in [1.82, 2.24) is 4.90 Å². The van der Waals surface area contributed by atoms with Crippen LogP contribution in [0.15, 0.2) is 0 Å². The Labute approximate surface area is 90.8 Å². The predicted molar refractivity (Wildman–Crippen MR) is 57.9 cm³/mol. The van der Waals surface area contributed by atoms with Crippen LogP contribution in [-0.2, 0) is 9.59 Å². The minimum Gasteiger partial charge on any atom is -0.368 e. The number of carbonyl (C=O) groups excluding carboxylic acids is 2. The summed E-state index contributed by atoms with van der Waals surface area (Å²) in [7, 11) is 0. The summed E-state index contributed by atoms with van der Waals surface area (Å²) in [5.41, 5.74) is 5.27. The van der Waals surface area contributed by atoms with E-state index in [1.165, 1.54) is 0 Å². The Morgan fingerprint density at radius 2 is 1.93 bits per heavy atom. The van der Waals surface area contributed by atoms with Crippen LogP contribution in [0.1, 0.15) is 33.6 Å². The Morgan fingerprint density at radius 1 is 1.33 bits per heavy atom. The molecule has 1 aliphatic heterocycles. The summed E-state index contributed by atoms with van der Waals surface area (Å²) in [6, 6.07) is -0.376. The maximum absolute atomic E-state index is 12.0. The second-order valence-corrected chi connectivity index (χ2v) is 4.62. The molecule has 86 valence electrons. The van der Waals surface area contributed by atoms with E-state index >= 15 is 0 Å². The third-order valence-corrected chi connectivity index (χ3v) is 3.25. The monoisotopic (exact) mass is 212 g/mol. The Balaban J connectivity index is 2.70. The number of primary amides is 1. The minimum atomic E-state index is -0.378. The van der Waals surface area contributed by atoms with Gasteiger partial charge in [-0.2, -0.15) is 0 Å². The third-order valence-electron chi connectivity index (χ3n) is 3.25. The molecule has 0 aromatic rings. The summed E-state index contributed by atoms with van der Waals surface area (Å²) >= 11 is 0. The highest BCUT2D eigenvalue weighted by Gasteiger charge is 2.35. The molecule has 1 aliphatic rings. The summed E-state index contributed by atoms with van der Waals surface area (Å²) in [4.78, 5) is 24.8. The molecule has 1 unspecified atom stereocenters. The molecule has 1 rings (SSSR count). The van der Waals surface area contributed by atoms with Crippen LogP contribution in [0.4, 0.5) is 0 Å². The molecule has 0 spiro atoms. The van der Waals surface area contributed by atoms with Gasteiger partial charge in [0.1, 0.15) is 6.04 Å². The van der Waals surface area contributed by atoms with E-state index in [-0.39, 0.29) is 23.8 Å². The SMILES string of the molecule is CC(C)[C@H](C)C(=O)N1CCCC1C(N)=O. The van der Waals surface area contributed by atoms with Gasteiger partial charge >= 0.3 is 0 Å². The summed E-state index contributed by atoms with van der Waals surface area (Å²) in [5, 5.41) is 0. The van der Waals surface area contributed by atoms with Crippen LogP contribution in [0.2, 0.25) is 0 Å². The predicted octanol–water partition coefficient (Wildman–Crippen LogP) is 0.755. The van der Waals surface area contributed by atoms with Crippen molar-refractivity contribution in [2.24, 2.45) is 17.6 Å². The first kappa shape index (κ1) is 12.0. The molecular weight excluding hydrogens is 192 g/mol. The molecule has 2 N–H and O–H groups in total. The number of hydrogen-bond donors (Lipinski definition) is 1. The molecular formula is C11H20N2O2. The largest absolute Gasteiger partial charge is 0.368 e. The van der Waals surface area contributed by atoms with E-state index in [4.69, 9.17) is 5.73 Å². The van der Waals surface area contributed by atoms with Gasteiger partial charge in [-0.3, -0.25) is 9.59 Å². The highest BCUT2D eigenvalue weighted by atomic mass is 16.2. The molecule has 0 aromatic carbocycles. The van der Waals surface area contributed by atoms with Crippen molar-refractivity contribution in [3.05, 3.63) is 0 Å². The zero-order valence-corrected chi connectivity index (χ0v) is 9.69. The summed E-state index contributed by atoms with van der Waals surface area (Å²) in [5.74, 6) is -0.0558. The normalized spacial score (nSPS) is 23.2. The topological polar surface area (TPSA) is 63.4 Å². The molecule has 0 aromatic heterocycles. The quantitative estimate of drug-likeness (QED) is 0.750. The molecule has 1 heterocycles. The molecule has 2 amide bonds. The van der Waals surface area contributed by atoms with Gasteiger partial charge in [0.25, 0.3) is 0 Å². The standard InChI is InChI=1S/C11H20N2O2/c1-7(2)8(3)11(15)13-6-4-5-9(13)10(12)14/h7-9H,4-6H2,1-3H3,(H2,12,14)/t8-,9?/m0/s1. The van der Waals surface area contributed by atoms with Gasteiger partial charge in [0.05, 0.1) is 0 Å². The first-order valence-electron chi connectivity index (χ1n) is 5.55. The van der Waals surface area contributed by atoms with E-state index in [0.29, 0.717) is 18.9 Å². The summed E-state index contributed by atoms with van der Waals surface area (Å²) in [6.45, 7) is 6.60.